The van der Waals surface area contributed by atoms with Gasteiger partial charge in [-0.1, -0.05) is 28.9 Å². The van der Waals surface area contributed by atoms with Gasteiger partial charge in [-0.15, -0.1) is 0 Å². The third-order valence-corrected chi connectivity index (χ3v) is 3.43. The number of hydrogen-bond acceptors (Lipinski definition) is 2. The predicted octanol–water partition coefficient (Wildman–Crippen LogP) is 3.34. The molecule has 0 radical (unpaired) electrons. The summed E-state index contributed by atoms with van der Waals surface area (Å²) in [5.74, 6) is 0. The second-order valence-electron chi connectivity index (χ2n) is 3.89. The molecule has 0 bridgehead atoms. The van der Waals surface area contributed by atoms with Crippen molar-refractivity contribution in [3.05, 3.63) is 33.8 Å². The summed E-state index contributed by atoms with van der Waals surface area (Å²) in [7, 11) is 0. The first kappa shape index (κ1) is 10.6. The normalized spacial score (nSPS) is 16.9. The average molecular weight is 266 g/mol. The molecule has 15 heavy (non-hydrogen) atoms. The Bertz CT molecular complexity index is 431. The van der Waals surface area contributed by atoms with Crippen molar-refractivity contribution >= 4 is 22.0 Å². The molecule has 78 valence electrons. The lowest BCUT2D eigenvalue weighted by Gasteiger charge is -2.13. The first-order chi connectivity index (χ1) is 7.22. The summed E-state index contributed by atoms with van der Waals surface area (Å²) < 4.78 is 1.08. The smallest absolute Gasteiger partial charge is 0.211 e. The summed E-state index contributed by atoms with van der Waals surface area (Å²) in [4.78, 5) is 14.4. The number of nitrogens with zero attached hydrogens (tertiary/aromatic N) is 1. The Hall–Kier alpha value is -0.920. The molecule has 0 atom stereocenters. The van der Waals surface area contributed by atoms with Crippen molar-refractivity contribution in [3.8, 4) is 0 Å². The van der Waals surface area contributed by atoms with Crippen molar-refractivity contribution in [1.29, 1.82) is 0 Å². The number of rotatable bonds is 3. The highest BCUT2D eigenvalue weighted by Gasteiger charge is 2.45. The number of isocyanates is 1. The highest BCUT2D eigenvalue weighted by Crippen LogP contribution is 2.50. The number of aliphatic imine (C=N–C) groups is 1. The second-order valence-corrected chi connectivity index (χ2v) is 4.81. The van der Waals surface area contributed by atoms with E-state index in [2.05, 4.69) is 40.0 Å². The van der Waals surface area contributed by atoms with Gasteiger partial charge in [-0.05, 0) is 42.5 Å². The summed E-state index contributed by atoms with van der Waals surface area (Å²) in [6.45, 7) is 2.12. The fourth-order valence-electron chi connectivity index (χ4n) is 1.96. The molecule has 0 aromatic heterocycles. The molecule has 2 nitrogen and oxygen atoms in total. The van der Waals surface area contributed by atoms with Gasteiger partial charge in [0.15, 0.2) is 0 Å². The third kappa shape index (κ3) is 1.90. The predicted molar refractivity (Wildman–Crippen MR) is 62.6 cm³/mol. The largest absolute Gasteiger partial charge is 0.235 e. The van der Waals surface area contributed by atoms with Crippen molar-refractivity contribution in [1.82, 2.24) is 0 Å². The molecule has 0 heterocycles. The van der Waals surface area contributed by atoms with Crippen molar-refractivity contribution in [2.24, 2.45) is 4.99 Å². The van der Waals surface area contributed by atoms with Gasteiger partial charge in [-0.25, -0.2) is 4.79 Å². The van der Waals surface area contributed by atoms with Gasteiger partial charge >= 0.3 is 0 Å². The van der Waals surface area contributed by atoms with Crippen LogP contribution in [0.4, 0.5) is 0 Å². The Morgan fingerprint density at radius 1 is 1.53 bits per heavy atom. The lowest BCUT2D eigenvalue weighted by atomic mass is 9.97. The van der Waals surface area contributed by atoms with Crippen LogP contribution in [0.15, 0.2) is 27.7 Å². The van der Waals surface area contributed by atoms with Crippen LogP contribution in [-0.2, 0) is 16.8 Å². The minimum atomic E-state index is -0.242. The van der Waals surface area contributed by atoms with Gasteiger partial charge < -0.3 is 0 Å². The van der Waals surface area contributed by atoms with Crippen LogP contribution in [0.5, 0.6) is 0 Å². The number of aryl methyl sites for hydroxylation is 1. The van der Waals surface area contributed by atoms with Crippen molar-refractivity contribution in [3.63, 3.8) is 0 Å². The van der Waals surface area contributed by atoms with Gasteiger partial charge in [-0.3, -0.25) is 0 Å². The Labute approximate surface area is 97.5 Å². The van der Waals surface area contributed by atoms with E-state index in [0.29, 0.717) is 0 Å². The van der Waals surface area contributed by atoms with Gasteiger partial charge in [0.05, 0.1) is 5.54 Å². The maximum absolute atomic E-state index is 10.4. The van der Waals surface area contributed by atoms with E-state index in [9.17, 15) is 4.79 Å². The van der Waals surface area contributed by atoms with Crippen molar-refractivity contribution < 1.29 is 4.79 Å². The van der Waals surface area contributed by atoms with E-state index < -0.39 is 0 Å². The van der Waals surface area contributed by atoms with Crippen LogP contribution in [0.2, 0.25) is 0 Å². The average Bonchev–Trinajstić information content (AvgIpc) is 2.99. The molecule has 1 aromatic carbocycles. The van der Waals surface area contributed by atoms with Crippen LogP contribution in [0, 0.1) is 0 Å². The maximum atomic E-state index is 10.4. The molecule has 1 aliphatic rings. The van der Waals surface area contributed by atoms with E-state index in [1.165, 1.54) is 11.1 Å². The minimum Gasteiger partial charge on any atom is -0.211 e. The number of halogens is 1. The molecular weight excluding hydrogens is 254 g/mol. The van der Waals surface area contributed by atoms with Crippen LogP contribution in [-0.4, -0.2) is 6.08 Å². The molecule has 0 amide bonds. The lowest BCUT2D eigenvalue weighted by molar-refractivity contribution is 0.556. The number of benzene rings is 1. The topological polar surface area (TPSA) is 29.4 Å². The molecule has 1 saturated carbocycles. The monoisotopic (exact) mass is 265 g/mol. The standard InChI is InChI=1S/C12H12BrNO/c1-2-9-7-10(13)3-4-11(9)12(5-6-12)14-8-15/h3-4,7H,2,5-6H2,1H3. The van der Waals surface area contributed by atoms with E-state index >= 15 is 0 Å². The van der Waals surface area contributed by atoms with E-state index in [1.54, 1.807) is 6.08 Å². The van der Waals surface area contributed by atoms with Gasteiger partial charge in [0.2, 0.25) is 6.08 Å². The Balaban J connectivity index is 2.48. The Morgan fingerprint density at radius 2 is 2.27 bits per heavy atom. The van der Waals surface area contributed by atoms with Gasteiger partial charge in [0, 0.05) is 4.47 Å². The van der Waals surface area contributed by atoms with Crippen LogP contribution in [0.25, 0.3) is 0 Å². The summed E-state index contributed by atoms with van der Waals surface area (Å²) >= 11 is 3.46. The van der Waals surface area contributed by atoms with E-state index in [-0.39, 0.29) is 5.54 Å². The molecule has 0 unspecified atom stereocenters. The lowest BCUT2D eigenvalue weighted by Crippen LogP contribution is -2.06. The first-order valence-corrected chi connectivity index (χ1v) is 5.89. The molecule has 0 saturated heterocycles. The molecule has 0 aliphatic heterocycles. The Kier molecular flexibility index (Phi) is 2.76. The minimum absolute atomic E-state index is 0.242. The summed E-state index contributed by atoms with van der Waals surface area (Å²) in [5.41, 5.74) is 2.21. The van der Waals surface area contributed by atoms with Gasteiger partial charge in [0.25, 0.3) is 0 Å². The third-order valence-electron chi connectivity index (χ3n) is 2.93. The summed E-state index contributed by atoms with van der Waals surface area (Å²) in [6.07, 6.45) is 4.60. The van der Waals surface area contributed by atoms with E-state index in [0.717, 1.165) is 23.7 Å². The molecule has 1 aromatic rings. The number of carbonyl (C=O) groups excluding carboxylic acids is 1. The maximum Gasteiger partial charge on any atom is 0.235 e. The molecule has 1 fully saturated rings. The fraction of sp³-hybridized carbons (Fsp3) is 0.417. The quantitative estimate of drug-likeness (QED) is 0.609. The molecule has 3 heteroatoms. The zero-order valence-corrected chi connectivity index (χ0v) is 10.2. The molecule has 2 rings (SSSR count). The SMILES string of the molecule is CCc1cc(Br)ccc1C1(N=C=O)CC1. The van der Waals surface area contributed by atoms with Gasteiger partial charge in [0.1, 0.15) is 0 Å². The van der Waals surface area contributed by atoms with Crippen LogP contribution < -0.4 is 0 Å². The van der Waals surface area contributed by atoms with Crippen LogP contribution in [0.1, 0.15) is 30.9 Å². The Morgan fingerprint density at radius 3 is 2.80 bits per heavy atom. The fourth-order valence-corrected chi connectivity index (χ4v) is 2.36. The second kappa shape index (κ2) is 3.92. The van der Waals surface area contributed by atoms with Crippen LogP contribution >= 0.6 is 15.9 Å². The first-order valence-electron chi connectivity index (χ1n) is 5.10. The highest BCUT2D eigenvalue weighted by molar-refractivity contribution is 9.10. The zero-order valence-electron chi connectivity index (χ0n) is 8.59. The van der Waals surface area contributed by atoms with E-state index in [4.69, 9.17) is 0 Å². The van der Waals surface area contributed by atoms with Crippen molar-refractivity contribution in [2.75, 3.05) is 0 Å². The zero-order chi connectivity index (χ0) is 10.9. The summed E-state index contributed by atoms with van der Waals surface area (Å²) in [5, 5.41) is 0. The summed E-state index contributed by atoms with van der Waals surface area (Å²) in [6, 6.07) is 6.18. The number of hydrogen-bond donors (Lipinski definition) is 0. The van der Waals surface area contributed by atoms with Crippen LogP contribution in [0.3, 0.4) is 0 Å². The van der Waals surface area contributed by atoms with Crippen molar-refractivity contribution in [2.45, 2.75) is 31.7 Å². The highest BCUT2D eigenvalue weighted by atomic mass is 79.9. The molecule has 0 N–H and O–H groups in total. The molecule has 0 spiro atoms. The van der Waals surface area contributed by atoms with E-state index in [1.807, 2.05) is 6.07 Å². The molecule has 1 aliphatic carbocycles. The van der Waals surface area contributed by atoms with Gasteiger partial charge in [-0.2, -0.15) is 4.99 Å². The molecular formula is C12H12BrNO.